The Kier molecular flexibility index (Phi) is 5.62. The molecular formula is C18H17N3O4S2. The first-order chi connectivity index (χ1) is 12.8. The van der Waals surface area contributed by atoms with Crippen molar-refractivity contribution in [3.05, 3.63) is 54.1 Å². The lowest BCUT2D eigenvalue weighted by molar-refractivity contribution is -0.113. The van der Waals surface area contributed by atoms with E-state index in [9.17, 15) is 13.2 Å². The van der Waals surface area contributed by atoms with E-state index in [1.165, 1.54) is 12.1 Å². The molecule has 0 saturated carbocycles. The summed E-state index contributed by atoms with van der Waals surface area (Å²) in [5, 5.41) is 10.9. The second-order valence-electron chi connectivity index (χ2n) is 5.82. The normalized spacial score (nSPS) is 11.3. The number of nitrogens with one attached hydrogen (secondary N) is 1. The van der Waals surface area contributed by atoms with Crippen molar-refractivity contribution in [3.8, 4) is 11.5 Å². The fraction of sp³-hybridized carbons (Fsp3) is 0.167. The molecule has 27 heavy (non-hydrogen) atoms. The van der Waals surface area contributed by atoms with Crippen LogP contribution in [0.15, 0.2) is 63.1 Å². The zero-order valence-electron chi connectivity index (χ0n) is 14.7. The van der Waals surface area contributed by atoms with Crippen molar-refractivity contribution in [1.29, 1.82) is 0 Å². The van der Waals surface area contributed by atoms with E-state index in [2.05, 4.69) is 15.5 Å². The van der Waals surface area contributed by atoms with Gasteiger partial charge in [0, 0.05) is 17.5 Å². The molecule has 1 heterocycles. The number of thioether (sulfide) groups is 1. The summed E-state index contributed by atoms with van der Waals surface area (Å²) in [7, 11) is -3.33. The van der Waals surface area contributed by atoms with E-state index in [-0.39, 0.29) is 21.8 Å². The summed E-state index contributed by atoms with van der Waals surface area (Å²) in [4.78, 5) is 12.3. The molecule has 3 rings (SSSR count). The molecule has 0 aliphatic rings. The Morgan fingerprint density at radius 3 is 2.67 bits per heavy atom. The van der Waals surface area contributed by atoms with Crippen LogP contribution < -0.4 is 5.32 Å². The Hall–Kier alpha value is -2.65. The number of amides is 1. The molecule has 140 valence electrons. The molecule has 3 aromatic rings. The van der Waals surface area contributed by atoms with Crippen LogP contribution in [0.1, 0.15) is 5.56 Å². The fourth-order valence-electron chi connectivity index (χ4n) is 2.32. The molecule has 0 saturated heterocycles. The molecule has 1 amide bonds. The van der Waals surface area contributed by atoms with Crippen molar-refractivity contribution < 1.29 is 17.6 Å². The van der Waals surface area contributed by atoms with Gasteiger partial charge >= 0.3 is 0 Å². The predicted molar refractivity (Wildman–Crippen MR) is 103 cm³/mol. The lowest BCUT2D eigenvalue weighted by Crippen LogP contribution is -2.14. The van der Waals surface area contributed by atoms with Gasteiger partial charge in [0.15, 0.2) is 9.84 Å². The van der Waals surface area contributed by atoms with Crippen molar-refractivity contribution in [2.24, 2.45) is 0 Å². The molecule has 0 spiro atoms. The average Bonchev–Trinajstić information content (AvgIpc) is 3.09. The van der Waals surface area contributed by atoms with Crippen LogP contribution in [-0.4, -0.2) is 36.5 Å². The third kappa shape index (κ3) is 4.95. The summed E-state index contributed by atoms with van der Waals surface area (Å²) in [6.07, 6.45) is 1.12. The number of carbonyl (C=O) groups excluding carboxylic acids is 1. The Balaban J connectivity index is 1.61. The van der Waals surface area contributed by atoms with Gasteiger partial charge < -0.3 is 9.73 Å². The van der Waals surface area contributed by atoms with E-state index in [1.807, 2.05) is 31.2 Å². The van der Waals surface area contributed by atoms with Crippen LogP contribution in [0.5, 0.6) is 0 Å². The molecule has 7 nitrogen and oxygen atoms in total. The minimum absolute atomic E-state index is 0.0541. The summed E-state index contributed by atoms with van der Waals surface area (Å²) in [5.74, 6) is 0.150. The van der Waals surface area contributed by atoms with Gasteiger partial charge in [-0.2, -0.15) is 0 Å². The quantitative estimate of drug-likeness (QED) is 0.631. The Labute approximate surface area is 161 Å². The van der Waals surface area contributed by atoms with Crippen molar-refractivity contribution in [1.82, 2.24) is 10.2 Å². The highest BCUT2D eigenvalue weighted by atomic mass is 32.2. The molecule has 0 aliphatic carbocycles. The number of benzene rings is 2. The van der Waals surface area contributed by atoms with Gasteiger partial charge in [0.2, 0.25) is 11.8 Å². The molecular weight excluding hydrogens is 386 g/mol. The van der Waals surface area contributed by atoms with Crippen LogP contribution >= 0.6 is 11.8 Å². The molecule has 0 bridgehead atoms. The number of aromatic nitrogens is 2. The highest BCUT2D eigenvalue weighted by molar-refractivity contribution is 7.99. The second-order valence-corrected chi connectivity index (χ2v) is 8.77. The number of aryl methyl sites for hydroxylation is 1. The highest BCUT2D eigenvalue weighted by Gasteiger charge is 2.13. The Bertz CT molecular complexity index is 1080. The van der Waals surface area contributed by atoms with Crippen molar-refractivity contribution >= 4 is 33.2 Å². The van der Waals surface area contributed by atoms with Crippen LogP contribution in [0.2, 0.25) is 0 Å². The van der Waals surface area contributed by atoms with Gasteiger partial charge in [0.1, 0.15) is 0 Å². The molecule has 1 aromatic heterocycles. The molecule has 9 heteroatoms. The standard InChI is InChI=1S/C18H17N3O4S2/c1-12-6-3-4-9-15(12)17-20-21-18(25-17)26-11-16(22)19-13-7-5-8-14(10-13)27(2,23)24/h3-10H,11H2,1-2H3,(H,19,22). The minimum atomic E-state index is -3.33. The first-order valence-electron chi connectivity index (χ1n) is 7.95. The van der Waals surface area contributed by atoms with Crippen LogP contribution in [0, 0.1) is 6.92 Å². The summed E-state index contributed by atoms with van der Waals surface area (Å²) in [5.41, 5.74) is 2.27. The van der Waals surface area contributed by atoms with Crippen molar-refractivity contribution in [3.63, 3.8) is 0 Å². The number of nitrogens with zero attached hydrogens (tertiary/aromatic N) is 2. The zero-order valence-corrected chi connectivity index (χ0v) is 16.3. The summed E-state index contributed by atoms with van der Waals surface area (Å²) < 4.78 is 28.8. The SMILES string of the molecule is Cc1ccccc1-c1nnc(SCC(=O)Nc2cccc(S(C)(=O)=O)c2)o1. The van der Waals surface area contributed by atoms with E-state index in [4.69, 9.17) is 4.42 Å². The number of anilines is 1. The molecule has 1 N–H and O–H groups in total. The lowest BCUT2D eigenvalue weighted by atomic mass is 10.1. The van der Waals surface area contributed by atoms with Gasteiger partial charge in [0.05, 0.1) is 10.6 Å². The number of rotatable bonds is 6. The van der Waals surface area contributed by atoms with Gasteiger partial charge in [-0.3, -0.25) is 4.79 Å². The van der Waals surface area contributed by atoms with E-state index in [0.717, 1.165) is 29.1 Å². The summed E-state index contributed by atoms with van der Waals surface area (Å²) in [6.45, 7) is 1.95. The van der Waals surface area contributed by atoms with Gasteiger partial charge in [-0.25, -0.2) is 8.42 Å². The second kappa shape index (κ2) is 7.93. The third-order valence-electron chi connectivity index (χ3n) is 3.65. The Morgan fingerprint density at radius 2 is 1.93 bits per heavy atom. The fourth-order valence-corrected chi connectivity index (χ4v) is 3.55. The average molecular weight is 403 g/mol. The monoisotopic (exact) mass is 403 g/mol. The smallest absolute Gasteiger partial charge is 0.277 e. The van der Waals surface area contributed by atoms with Crippen molar-refractivity contribution in [2.75, 3.05) is 17.3 Å². The maximum absolute atomic E-state index is 12.1. The molecule has 0 aliphatic heterocycles. The maximum atomic E-state index is 12.1. The highest BCUT2D eigenvalue weighted by Crippen LogP contribution is 2.25. The number of sulfone groups is 1. The molecule has 2 aromatic carbocycles. The summed E-state index contributed by atoms with van der Waals surface area (Å²) in [6, 6.07) is 13.7. The van der Waals surface area contributed by atoms with Crippen molar-refractivity contribution in [2.45, 2.75) is 17.0 Å². The van der Waals surface area contributed by atoms with E-state index >= 15 is 0 Å². The van der Waals surface area contributed by atoms with Crippen LogP contribution in [0.3, 0.4) is 0 Å². The largest absolute Gasteiger partial charge is 0.411 e. The molecule has 0 unspecified atom stereocenters. The number of hydrogen-bond acceptors (Lipinski definition) is 7. The topological polar surface area (TPSA) is 102 Å². The van der Waals surface area contributed by atoms with E-state index < -0.39 is 9.84 Å². The van der Waals surface area contributed by atoms with Gasteiger partial charge in [0.25, 0.3) is 5.22 Å². The first-order valence-corrected chi connectivity index (χ1v) is 10.8. The van der Waals surface area contributed by atoms with E-state index in [0.29, 0.717) is 11.6 Å². The van der Waals surface area contributed by atoms with Crippen LogP contribution in [-0.2, 0) is 14.6 Å². The minimum Gasteiger partial charge on any atom is -0.411 e. The van der Waals surface area contributed by atoms with Crippen LogP contribution in [0.25, 0.3) is 11.5 Å². The van der Waals surface area contributed by atoms with E-state index in [1.54, 1.807) is 12.1 Å². The van der Waals surface area contributed by atoms with Gasteiger partial charge in [-0.15, -0.1) is 10.2 Å². The van der Waals surface area contributed by atoms with Gasteiger partial charge in [-0.1, -0.05) is 36.0 Å². The molecule has 0 fully saturated rings. The predicted octanol–water partition coefficient (Wildman–Crippen LogP) is 3.18. The Morgan fingerprint density at radius 1 is 1.15 bits per heavy atom. The number of carbonyl (C=O) groups is 1. The first kappa shape index (κ1) is 19.1. The number of hydrogen-bond donors (Lipinski definition) is 1. The summed E-state index contributed by atoms with van der Waals surface area (Å²) >= 11 is 1.11. The van der Waals surface area contributed by atoms with Gasteiger partial charge in [-0.05, 0) is 36.8 Å². The molecule has 0 atom stereocenters. The lowest BCUT2D eigenvalue weighted by Gasteiger charge is -2.05. The van der Waals surface area contributed by atoms with Crippen LogP contribution in [0.4, 0.5) is 5.69 Å². The maximum Gasteiger partial charge on any atom is 0.277 e. The molecule has 0 radical (unpaired) electrons. The third-order valence-corrected chi connectivity index (χ3v) is 5.58. The zero-order chi connectivity index (χ0) is 19.4.